The van der Waals surface area contributed by atoms with Gasteiger partial charge in [0, 0.05) is 20.3 Å². The third-order valence-corrected chi connectivity index (χ3v) is 2.05. The van der Waals surface area contributed by atoms with Crippen molar-refractivity contribution in [1.82, 2.24) is 5.32 Å². The highest BCUT2D eigenvalue weighted by molar-refractivity contribution is 4.48. The molecule has 0 aliphatic heterocycles. The van der Waals surface area contributed by atoms with Gasteiger partial charge in [0.05, 0.1) is 25.9 Å². The number of methoxy groups -OCH3 is 1. The van der Waals surface area contributed by atoms with E-state index in [1.807, 2.05) is 0 Å². The predicted octanol–water partition coefficient (Wildman–Crippen LogP) is 1.44. The standard InChI is InChI=1S/C12H27NO3/c1-12(2)16-9-7-13-6-4-5-8-15-11-10-14-3/h12-13H,4-11H2,1-3H3. The third-order valence-electron chi connectivity index (χ3n) is 2.05. The maximum absolute atomic E-state index is 5.41. The summed E-state index contributed by atoms with van der Waals surface area (Å²) in [4.78, 5) is 0. The van der Waals surface area contributed by atoms with Gasteiger partial charge < -0.3 is 19.5 Å². The lowest BCUT2D eigenvalue weighted by atomic mass is 10.3. The molecule has 4 nitrogen and oxygen atoms in total. The van der Waals surface area contributed by atoms with Gasteiger partial charge in [0.25, 0.3) is 0 Å². The first kappa shape index (κ1) is 15.8. The fraction of sp³-hybridized carbons (Fsp3) is 1.00. The Morgan fingerprint density at radius 1 is 0.938 bits per heavy atom. The molecule has 0 aromatic rings. The van der Waals surface area contributed by atoms with Crippen molar-refractivity contribution < 1.29 is 14.2 Å². The second-order valence-electron chi connectivity index (χ2n) is 3.98. The average molecular weight is 233 g/mol. The molecule has 0 amide bonds. The van der Waals surface area contributed by atoms with Crippen molar-refractivity contribution in [3.63, 3.8) is 0 Å². The molecule has 0 saturated heterocycles. The molecule has 0 fully saturated rings. The van der Waals surface area contributed by atoms with Crippen LogP contribution < -0.4 is 5.32 Å². The van der Waals surface area contributed by atoms with Crippen LogP contribution in [-0.4, -0.2) is 52.7 Å². The van der Waals surface area contributed by atoms with Gasteiger partial charge in [-0.15, -0.1) is 0 Å². The Morgan fingerprint density at radius 2 is 1.75 bits per heavy atom. The molecule has 0 atom stereocenters. The summed E-state index contributed by atoms with van der Waals surface area (Å²) in [5.41, 5.74) is 0. The minimum Gasteiger partial charge on any atom is -0.382 e. The molecule has 0 aliphatic carbocycles. The number of ether oxygens (including phenoxy) is 3. The van der Waals surface area contributed by atoms with E-state index in [0.717, 1.165) is 39.1 Å². The first-order valence-corrected chi connectivity index (χ1v) is 6.16. The van der Waals surface area contributed by atoms with Gasteiger partial charge in [-0.2, -0.15) is 0 Å². The molecule has 0 aromatic heterocycles. The normalized spacial score (nSPS) is 11.2. The molecule has 0 spiro atoms. The van der Waals surface area contributed by atoms with Gasteiger partial charge in [-0.3, -0.25) is 0 Å². The van der Waals surface area contributed by atoms with E-state index in [2.05, 4.69) is 19.2 Å². The number of nitrogens with one attached hydrogen (secondary N) is 1. The van der Waals surface area contributed by atoms with Gasteiger partial charge in [-0.25, -0.2) is 0 Å². The van der Waals surface area contributed by atoms with E-state index in [1.54, 1.807) is 7.11 Å². The zero-order chi connectivity index (χ0) is 12.1. The van der Waals surface area contributed by atoms with Crippen molar-refractivity contribution in [2.45, 2.75) is 32.8 Å². The first-order valence-electron chi connectivity index (χ1n) is 6.16. The number of hydrogen-bond acceptors (Lipinski definition) is 4. The van der Waals surface area contributed by atoms with Crippen molar-refractivity contribution in [2.75, 3.05) is 46.6 Å². The van der Waals surface area contributed by atoms with Gasteiger partial charge in [0.2, 0.25) is 0 Å². The Labute approximate surface area is 99.6 Å². The highest BCUT2D eigenvalue weighted by Gasteiger charge is 1.93. The number of rotatable bonds is 12. The van der Waals surface area contributed by atoms with Crippen molar-refractivity contribution in [1.29, 1.82) is 0 Å². The van der Waals surface area contributed by atoms with E-state index in [9.17, 15) is 0 Å². The van der Waals surface area contributed by atoms with Crippen LogP contribution in [-0.2, 0) is 14.2 Å². The molecule has 1 N–H and O–H groups in total. The van der Waals surface area contributed by atoms with E-state index >= 15 is 0 Å². The van der Waals surface area contributed by atoms with Crippen LogP contribution in [0.2, 0.25) is 0 Å². The van der Waals surface area contributed by atoms with Crippen molar-refractivity contribution in [3.05, 3.63) is 0 Å². The van der Waals surface area contributed by atoms with Gasteiger partial charge in [0.1, 0.15) is 0 Å². The second kappa shape index (κ2) is 12.9. The van der Waals surface area contributed by atoms with Crippen molar-refractivity contribution in [2.24, 2.45) is 0 Å². The van der Waals surface area contributed by atoms with Crippen LogP contribution in [0.25, 0.3) is 0 Å². The molecule has 16 heavy (non-hydrogen) atoms. The number of hydrogen-bond donors (Lipinski definition) is 1. The van der Waals surface area contributed by atoms with E-state index in [1.165, 1.54) is 0 Å². The van der Waals surface area contributed by atoms with Crippen LogP contribution >= 0.6 is 0 Å². The highest BCUT2D eigenvalue weighted by atomic mass is 16.5. The van der Waals surface area contributed by atoms with Gasteiger partial charge in [-0.05, 0) is 33.2 Å². The van der Waals surface area contributed by atoms with E-state index in [-0.39, 0.29) is 0 Å². The lowest BCUT2D eigenvalue weighted by molar-refractivity contribution is 0.0682. The molecular weight excluding hydrogens is 206 g/mol. The minimum atomic E-state index is 0.330. The Balaban J connectivity index is 2.88. The molecule has 4 heteroatoms. The second-order valence-corrected chi connectivity index (χ2v) is 3.98. The number of unbranched alkanes of at least 4 members (excludes halogenated alkanes) is 1. The van der Waals surface area contributed by atoms with Crippen molar-refractivity contribution >= 4 is 0 Å². The van der Waals surface area contributed by atoms with Gasteiger partial charge in [-0.1, -0.05) is 0 Å². The quantitative estimate of drug-likeness (QED) is 0.518. The zero-order valence-electron chi connectivity index (χ0n) is 11.0. The molecular formula is C12H27NO3. The molecule has 0 saturated carbocycles. The van der Waals surface area contributed by atoms with Crippen LogP contribution in [0.4, 0.5) is 0 Å². The predicted molar refractivity (Wildman–Crippen MR) is 65.9 cm³/mol. The maximum atomic E-state index is 5.41. The third kappa shape index (κ3) is 13.8. The lowest BCUT2D eigenvalue weighted by Gasteiger charge is -2.08. The Bertz CT molecular complexity index is 131. The SMILES string of the molecule is COCCOCCCCNCCOC(C)C. The summed E-state index contributed by atoms with van der Waals surface area (Å²) in [6.45, 7) is 9.08. The van der Waals surface area contributed by atoms with Crippen molar-refractivity contribution in [3.8, 4) is 0 Å². The topological polar surface area (TPSA) is 39.7 Å². The minimum absolute atomic E-state index is 0.330. The van der Waals surface area contributed by atoms with Gasteiger partial charge >= 0.3 is 0 Å². The Morgan fingerprint density at radius 3 is 2.44 bits per heavy atom. The molecule has 0 aromatic carbocycles. The molecule has 0 heterocycles. The maximum Gasteiger partial charge on any atom is 0.0700 e. The summed E-state index contributed by atoms with van der Waals surface area (Å²) in [5, 5.41) is 3.34. The largest absolute Gasteiger partial charge is 0.382 e. The summed E-state index contributed by atoms with van der Waals surface area (Å²) >= 11 is 0. The smallest absolute Gasteiger partial charge is 0.0700 e. The summed E-state index contributed by atoms with van der Waals surface area (Å²) in [5.74, 6) is 0. The van der Waals surface area contributed by atoms with E-state index in [4.69, 9.17) is 14.2 Å². The van der Waals surface area contributed by atoms with Crippen LogP contribution in [0.5, 0.6) is 0 Å². The van der Waals surface area contributed by atoms with Crippen LogP contribution in [0.3, 0.4) is 0 Å². The fourth-order valence-corrected chi connectivity index (χ4v) is 1.19. The van der Waals surface area contributed by atoms with Crippen LogP contribution in [0, 0.1) is 0 Å². The molecule has 0 bridgehead atoms. The fourth-order valence-electron chi connectivity index (χ4n) is 1.19. The summed E-state index contributed by atoms with van der Waals surface area (Å²) in [6.07, 6.45) is 2.58. The highest BCUT2D eigenvalue weighted by Crippen LogP contribution is 1.89. The Hall–Kier alpha value is -0.160. The van der Waals surface area contributed by atoms with Gasteiger partial charge in [0.15, 0.2) is 0 Å². The zero-order valence-corrected chi connectivity index (χ0v) is 11.0. The van der Waals surface area contributed by atoms with Crippen LogP contribution in [0.1, 0.15) is 26.7 Å². The Kier molecular flexibility index (Phi) is 12.8. The molecule has 0 unspecified atom stereocenters. The van der Waals surface area contributed by atoms with Crippen LogP contribution in [0.15, 0.2) is 0 Å². The molecule has 0 rings (SSSR count). The summed E-state index contributed by atoms with van der Waals surface area (Å²) in [7, 11) is 1.69. The summed E-state index contributed by atoms with van der Waals surface area (Å²) in [6, 6.07) is 0. The summed E-state index contributed by atoms with van der Waals surface area (Å²) < 4.78 is 15.7. The molecule has 0 aliphatic rings. The van der Waals surface area contributed by atoms with E-state index in [0.29, 0.717) is 19.3 Å². The lowest BCUT2D eigenvalue weighted by Crippen LogP contribution is -2.22. The molecule has 0 radical (unpaired) electrons. The molecule has 98 valence electrons. The first-order chi connectivity index (χ1) is 7.77. The van der Waals surface area contributed by atoms with E-state index < -0.39 is 0 Å². The monoisotopic (exact) mass is 233 g/mol. The average Bonchev–Trinajstić information content (AvgIpc) is 2.25.